The van der Waals surface area contributed by atoms with Gasteiger partial charge in [-0.05, 0) is 37.1 Å². The summed E-state index contributed by atoms with van der Waals surface area (Å²) < 4.78 is 0. The normalized spacial score (nSPS) is 10.2. The number of thiophene rings is 1. The monoisotopic (exact) mass is 304 g/mol. The summed E-state index contributed by atoms with van der Waals surface area (Å²) in [7, 11) is 0. The minimum absolute atomic E-state index is 0.106. The number of para-hydroxylation sites is 1. The van der Waals surface area contributed by atoms with Gasteiger partial charge in [0.1, 0.15) is 5.75 Å². The Bertz CT molecular complexity index is 679. The standard InChI is InChI=1S/C15H16N2O3S/c1-3-10-8-13(21-9(10)2)15(20)17-16-14(19)11-6-4-5-7-12(11)18/h4-8,18H,3H2,1-2H3,(H,16,19)(H,17,20). The lowest BCUT2D eigenvalue weighted by molar-refractivity contribution is 0.0847. The summed E-state index contributed by atoms with van der Waals surface area (Å²) in [5.74, 6) is -1.07. The van der Waals surface area contributed by atoms with Crippen LogP contribution in [0.4, 0.5) is 0 Å². The number of amides is 2. The summed E-state index contributed by atoms with van der Waals surface area (Å²) in [6.45, 7) is 3.98. The van der Waals surface area contributed by atoms with Crippen LogP contribution in [0.3, 0.4) is 0 Å². The average molecular weight is 304 g/mol. The quantitative estimate of drug-likeness (QED) is 0.762. The second kappa shape index (κ2) is 6.41. The number of nitrogens with one attached hydrogen (secondary N) is 2. The molecule has 21 heavy (non-hydrogen) atoms. The lowest BCUT2D eigenvalue weighted by atomic mass is 10.2. The van der Waals surface area contributed by atoms with Crippen LogP contribution < -0.4 is 10.9 Å². The van der Waals surface area contributed by atoms with E-state index in [9.17, 15) is 14.7 Å². The van der Waals surface area contributed by atoms with Crippen molar-refractivity contribution in [2.45, 2.75) is 20.3 Å². The smallest absolute Gasteiger partial charge is 0.279 e. The molecule has 0 aliphatic carbocycles. The summed E-state index contributed by atoms with van der Waals surface area (Å²) in [5, 5.41) is 9.56. The number of aryl methyl sites for hydroxylation is 2. The highest BCUT2D eigenvalue weighted by Gasteiger charge is 2.14. The number of carbonyl (C=O) groups is 2. The molecule has 3 N–H and O–H groups in total. The molecule has 0 spiro atoms. The van der Waals surface area contributed by atoms with Gasteiger partial charge in [0, 0.05) is 4.88 Å². The number of hydrogen-bond donors (Lipinski definition) is 3. The van der Waals surface area contributed by atoms with Gasteiger partial charge in [-0.3, -0.25) is 20.4 Å². The number of hydrazine groups is 1. The lowest BCUT2D eigenvalue weighted by Gasteiger charge is -2.07. The highest BCUT2D eigenvalue weighted by atomic mass is 32.1. The molecule has 2 amide bonds. The zero-order chi connectivity index (χ0) is 15.4. The van der Waals surface area contributed by atoms with Gasteiger partial charge in [0.25, 0.3) is 11.8 Å². The first-order valence-corrected chi connectivity index (χ1v) is 7.32. The summed E-state index contributed by atoms with van der Waals surface area (Å²) in [4.78, 5) is 25.5. The molecule has 0 unspecified atom stereocenters. The maximum absolute atomic E-state index is 12.0. The van der Waals surface area contributed by atoms with Gasteiger partial charge < -0.3 is 5.11 Å². The molecular weight excluding hydrogens is 288 g/mol. The molecule has 1 aromatic carbocycles. The number of benzene rings is 1. The number of hydrogen-bond acceptors (Lipinski definition) is 4. The van der Waals surface area contributed by atoms with Crippen molar-refractivity contribution in [3.63, 3.8) is 0 Å². The average Bonchev–Trinajstić information content (AvgIpc) is 2.86. The molecule has 0 aliphatic rings. The fraction of sp³-hybridized carbons (Fsp3) is 0.200. The molecule has 0 bridgehead atoms. The molecule has 0 radical (unpaired) electrons. The van der Waals surface area contributed by atoms with E-state index >= 15 is 0 Å². The van der Waals surface area contributed by atoms with Gasteiger partial charge in [0.05, 0.1) is 10.4 Å². The van der Waals surface area contributed by atoms with Crippen molar-refractivity contribution in [1.29, 1.82) is 0 Å². The Morgan fingerprint density at radius 2 is 1.86 bits per heavy atom. The molecule has 0 aliphatic heterocycles. The van der Waals surface area contributed by atoms with E-state index in [2.05, 4.69) is 10.9 Å². The van der Waals surface area contributed by atoms with E-state index < -0.39 is 5.91 Å². The lowest BCUT2D eigenvalue weighted by Crippen LogP contribution is -2.41. The predicted molar refractivity (Wildman–Crippen MR) is 81.5 cm³/mol. The molecule has 1 heterocycles. The Morgan fingerprint density at radius 3 is 2.48 bits per heavy atom. The van der Waals surface area contributed by atoms with E-state index in [1.807, 2.05) is 19.9 Å². The van der Waals surface area contributed by atoms with Crippen molar-refractivity contribution >= 4 is 23.2 Å². The van der Waals surface area contributed by atoms with Crippen LogP contribution in [0.25, 0.3) is 0 Å². The number of phenolic OH excluding ortho intramolecular Hbond substituents is 1. The largest absolute Gasteiger partial charge is 0.507 e. The summed E-state index contributed by atoms with van der Waals surface area (Å²) in [5.41, 5.74) is 5.87. The van der Waals surface area contributed by atoms with Gasteiger partial charge in [-0.25, -0.2) is 0 Å². The summed E-state index contributed by atoms with van der Waals surface area (Å²) in [6.07, 6.45) is 0.861. The highest BCUT2D eigenvalue weighted by Crippen LogP contribution is 2.21. The first kappa shape index (κ1) is 15.1. The highest BCUT2D eigenvalue weighted by molar-refractivity contribution is 7.14. The Labute approximate surface area is 126 Å². The molecule has 0 saturated carbocycles. The summed E-state index contributed by atoms with van der Waals surface area (Å²) >= 11 is 1.38. The fourth-order valence-corrected chi connectivity index (χ4v) is 2.90. The van der Waals surface area contributed by atoms with E-state index in [1.54, 1.807) is 12.1 Å². The van der Waals surface area contributed by atoms with Gasteiger partial charge in [-0.2, -0.15) is 0 Å². The van der Waals surface area contributed by atoms with Gasteiger partial charge in [0.15, 0.2) is 0 Å². The van der Waals surface area contributed by atoms with Crippen LogP contribution in [-0.2, 0) is 6.42 Å². The molecule has 0 atom stereocenters. The van der Waals surface area contributed by atoms with Gasteiger partial charge in [-0.15, -0.1) is 11.3 Å². The number of aromatic hydroxyl groups is 1. The van der Waals surface area contributed by atoms with E-state index in [0.29, 0.717) is 4.88 Å². The molecule has 0 fully saturated rings. The first-order valence-electron chi connectivity index (χ1n) is 6.51. The van der Waals surface area contributed by atoms with Gasteiger partial charge >= 0.3 is 0 Å². The molecular formula is C15H16N2O3S. The van der Waals surface area contributed by atoms with Gasteiger partial charge in [-0.1, -0.05) is 19.1 Å². The van der Waals surface area contributed by atoms with Crippen molar-refractivity contribution in [3.8, 4) is 5.75 Å². The van der Waals surface area contributed by atoms with Crippen LogP contribution in [0.2, 0.25) is 0 Å². The second-order valence-electron chi connectivity index (χ2n) is 4.47. The first-order chi connectivity index (χ1) is 10.0. The van der Waals surface area contributed by atoms with Gasteiger partial charge in [0.2, 0.25) is 0 Å². The third kappa shape index (κ3) is 3.41. The van der Waals surface area contributed by atoms with Crippen molar-refractivity contribution in [2.24, 2.45) is 0 Å². The molecule has 1 aromatic heterocycles. The number of phenols is 1. The van der Waals surface area contributed by atoms with Crippen molar-refractivity contribution in [1.82, 2.24) is 10.9 Å². The minimum Gasteiger partial charge on any atom is -0.507 e. The molecule has 110 valence electrons. The van der Waals surface area contributed by atoms with E-state index in [0.717, 1.165) is 16.9 Å². The number of rotatable bonds is 3. The maximum Gasteiger partial charge on any atom is 0.279 e. The molecule has 6 heteroatoms. The van der Waals surface area contributed by atoms with Crippen LogP contribution in [0.1, 0.15) is 37.4 Å². The van der Waals surface area contributed by atoms with Crippen molar-refractivity contribution in [3.05, 3.63) is 51.2 Å². The molecule has 2 aromatic rings. The third-order valence-corrected chi connectivity index (χ3v) is 4.16. The molecule has 0 saturated heterocycles. The number of carbonyl (C=O) groups excluding carboxylic acids is 2. The Morgan fingerprint density at radius 1 is 1.19 bits per heavy atom. The Kier molecular flexibility index (Phi) is 4.59. The van der Waals surface area contributed by atoms with E-state index in [-0.39, 0.29) is 17.2 Å². The third-order valence-electron chi connectivity index (χ3n) is 3.06. The minimum atomic E-state index is -0.564. The zero-order valence-electron chi connectivity index (χ0n) is 11.8. The predicted octanol–water partition coefficient (Wildman–Crippen LogP) is 2.40. The maximum atomic E-state index is 12.0. The van der Waals surface area contributed by atoms with E-state index in [4.69, 9.17) is 0 Å². The summed E-state index contributed by atoms with van der Waals surface area (Å²) in [6, 6.07) is 7.95. The Hall–Kier alpha value is -2.34. The van der Waals surface area contributed by atoms with Crippen molar-refractivity contribution in [2.75, 3.05) is 0 Å². The molecule has 2 rings (SSSR count). The van der Waals surface area contributed by atoms with Crippen LogP contribution in [0, 0.1) is 6.92 Å². The second-order valence-corrected chi connectivity index (χ2v) is 5.73. The Balaban J connectivity index is 2.01. The van der Waals surface area contributed by atoms with Crippen molar-refractivity contribution < 1.29 is 14.7 Å². The van der Waals surface area contributed by atoms with Crippen LogP contribution in [0.5, 0.6) is 5.75 Å². The zero-order valence-corrected chi connectivity index (χ0v) is 12.6. The molecule has 5 nitrogen and oxygen atoms in total. The topological polar surface area (TPSA) is 78.4 Å². The van der Waals surface area contributed by atoms with E-state index in [1.165, 1.54) is 23.5 Å². The SMILES string of the molecule is CCc1cc(C(=O)NNC(=O)c2ccccc2O)sc1C. The fourth-order valence-electron chi connectivity index (χ4n) is 1.89. The van der Waals surface area contributed by atoms with Crippen LogP contribution in [-0.4, -0.2) is 16.9 Å². The van der Waals surface area contributed by atoms with Crippen LogP contribution >= 0.6 is 11.3 Å². The van der Waals surface area contributed by atoms with Crippen LogP contribution in [0.15, 0.2) is 30.3 Å².